The van der Waals surface area contributed by atoms with E-state index in [2.05, 4.69) is 22.3 Å². The van der Waals surface area contributed by atoms with Crippen LogP contribution >= 0.6 is 0 Å². The molecule has 0 fully saturated rings. The molecule has 1 amide bonds. The van der Waals surface area contributed by atoms with Gasteiger partial charge in [0.25, 0.3) is 5.91 Å². The maximum atomic E-state index is 12.3. The van der Waals surface area contributed by atoms with E-state index in [1.54, 1.807) is 7.11 Å². The molecule has 5 heteroatoms. The largest absolute Gasteiger partial charge is 0.496 e. The van der Waals surface area contributed by atoms with E-state index in [0.29, 0.717) is 6.54 Å². The van der Waals surface area contributed by atoms with Crippen molar-refractivity contribution in [1.29, 1.82) is 0 Å². The van der Waals surface area contributed by atoms with Gasteiger partial charge in [0.2, 0.25) is 0 Å². The Hall–Kier alpha value is -2.53. The van der Waals surface area contributed by atoms with Gasteiger partial charge in [0.15, 0.2) is 6.61 Å². The van der Waals surface area contributed by atoms with Gasteiger partial charge >= 0.3 is 0 Å². The summed E-state index contributed by atoms with van der Waals surface area (Å²) in [5.41, 5.74) is 3.79. The zero-order valence-electron chi connectivity index (χ0n) is 16.3. The highest BCUT2D eigenvalue weighted by molar-refractivity contribution is 5.77. The van der Waals surface area contributed by atoms with Crippen molar-refractivity contribution in [2.45, 2.75) is 25.3 Å². The molecular weight excluding hydrogens is 340 g/mol. The fraction of sp³-hybridized carbons (Fsp3) is 0.409. The van der Waals surface area contributed by atoms with Crippen LogP contribution < -0.4 is 14.8 Å². The molecule has 0 unspecified atom stereocenters. The summed E-state index contributed by atoms with van der Waals surface area (Å²) < 4.78 is 11.1. The molecular formula is C22H28N2O3. The van der Waals surface area contributed by atoms with E-state index in [9.17, 15) is 4.79 Å². The minimum Gasteiger partial charge on any atom is -0.496 e. The van der Waals surface area contributed by atoms with Gasteiger partial charge in [-0.05, 0) is 62.7 Å². The van der Waals surface area contributed by atoms with E-state index in [0.717, 1.165) is 29.9 Å². The molecule has 0 aliphatic heterocycles. The van der Waals surface area contributed by atoms with Gasteiger partial charge in [0.05, 0.1) is 13.2 Å². The van der Waals surface area contributed by atoms with E-state index >= 15 is 0 Å². The second-order valence-electron chi connectivity index (χ2n) is 7.10. The van der Waals surface area contributed by atoms with Gasteiger partial charge in [-0.2, -0.15) is 0 Å². The van der Waals surface area contributed by atoms with Crippen molar-refractivity contribution < 1.29 is 14.3 Å². The van der Waals surface area contributed by atoms with Crippen LogP contribution in [0, 0.1) is 0 Å². The van der Waals surface area contributed by atoms with E-state index in [4.69, 9.17) is 9.47 Å². The number of carbonyl (C=O) groups is 1. The molecule has 27 heavy (non-hydrogen) atoms. The summed E-state index contributed by atoms with van der Waals surface area (Å²) in [5, 5.41) is 2.98. The number of fused-ring (bicyclic) bond motifs is 1. The molecule has 2 aromatic carbocycles. The highest BCUT2D eigenvalue weighted by Gasteiger charge is 2.19. The topological polar surface area (TPSA) is 50.8 Å². The minimum absolute atomic E-state index is 0.0186. The van der Waals surface area contributed by atoms with Crippen LogP contribution in [0.5, 0.6) is 11.5 Å². The summed E-state index contributed by atoms with van der Waals surface area (Å²) >= 11 is 0. The van der Waals surface area contributed by atoms with Crippen molar-refractivity contribution in [1.82, 2.24) is 10.2 Å². The Bertz CT molecular complexity index is 789. The average molecular weight is 368 g/mol. The van der Waals surface area contributed by atoms with Gasteiger partial charge in [-0.15, -0.1) is 0 Å². The smallest absolute Gasteiger partial charge is 0.258 e. The number of nitrogens with zero attached hydrogens (tertiary/aromatic N) is 1. The van der Waals surface area contributed by atoms with Crippen LogP contribution in [0.2, 0.25) is 0 Å². The first kappa shape index (κ1) is 19.2. The number of amides is 1. The molecule has 0 bridgehead atoms. The van der Waals surface area contributed by atoms with Gasteiger partial charge in [0, 0.05) is 12.1 Å². The van der Waals surface area contributed by atoms with Gasteiger partial charge in [-0.3, -0.25) is 4.79 Å². The quantitative estimate of drug-likeness (QED) is 0.778. The van der Waals surface area contributed by atoms with Crippen LogP contribution in [-0.2, 0) is 17.6 Å². The fourth-order valence-corrected chi connectivity index (χ4v) is 3.56. The maximum Gasteiger partial charge on any atom is 0.258 e. The van der Waals surface area contributed by atoms with Crippen LogP contribution in [0.3, 0.4) is 0 Å². The molecule has 3 rings (SSSR count). The fourth-order valence-electron chi connectivity index (χ4n) is 3.56. The minimum atomic E-state index is -0.128. The molecule has 0 aromatic heterocycles. The second-order valence-corrected chi connectivity index (χ2v) is 7.10. The predicted molar refractivity (Wildman–Crippen MR) is 106 cm³/mol. The average Bonchev–Trinajstić information content (AvgIpc) is 3.14. The molecule has 0 spiro atoms. The SMILES string of the molecule is COc1ccccc1[C@@H](CNC(=O)COc1ccc2c(c1)CCC2)N(C)C. The first-order valence-electron chi connectivity index (χ1n) is 9.39. The number of likely N-dealkylation sites (N-methyl/N-ethyl adjacent to an activating group) is 1. The lowest BCUT2D eigenvalue weighted by molar-refractivity contribution is -0.123. The van der Waals surface area contributed by atoms with Crippen molar-refractivity contribution in [3.63, 3.8) is 0 Å². The zero-order chi connectivity index (χ0) is 19.2. The molecule has 0 heterocycles. The molecule has 0 radical (unpaired) electrons. The highest BCUT2D eigenvalue weighted by Crippen LogP contribution is 2.28. The number of carbonyl (C=O) groups excluding carboxylic acids is 1. The number of hydrogen-bond donors (Lipinski definition) is 1. The molecule has 1 aliphatic carbocycles. The third-order valence-electron chi connectivity index (χ3n) is 5.05. The van der Waals surface area contributed by atoms with Crippen LogP contribution in [0.1, 0.15) is 29.2 Å². The zero-order valence-corrected chi connectivity index (χ0v) is 16.3. The summed E-state index contributed by atoms with van der Waals surface area (Å²) in [6.45, 7) is 0.505. The summed E-state index contributed by atoms with van der Waals surface area (Å²) in [6.07, 6.45) is 3.45. The summed E-state index contributed by atoms with van der Waals surface area (Å²) in [4.78, 5) is 14.3. The van der Waals surface area contributed by atoms with Gasteiger partial charge in [-0.1, -0.05) is 24.3 Å². The van der Waals surface area contributed by atoms with Crippen LogP contribution in [0.4, 0.5) is 0 Å². The number of para-hydroxylation sites is 1. The van der Waals surface area contributed by atoms with Crippen molar-refractivity contribution in [3.05, 3.63) is 59.2 Å². The molecule has 0 saturated heterocycles. The lowest BCUT2D eigenvalue weighted by Crippen LogP contribution is -2.37. The molecule has 1 atom stereocenters. The van der Waals surface area contributed by atoms with E-state index in [1.807, 2.05) is 44.4 Å². The summed E-state index contributed by atoms with van der Waals surface area (Å²) in [7, 11) is 5.64. The third kappa shape index (κ3) is 4.80. The molecule has 1 N–H and O–H groups in total. The molecule has 144 valence electrons. The second kappa shape index (κ2) is 8.91. The van der Waals surface area contributed by atoms with Crippen molar-refractivity contribution >= 4 is 5.91 Å². The van der Waals surface area contributed by atoms with Crippen molar-refractivity contribution in [2.24, 2.45) is 0 Å². The first-order valence-corrected chi connectivity index (χ1v) is 9.39. The Balaban J connectivity index is 1.55. The number of methoxy groups -OCH3 is 1. The lowest BCUT2D eigenvalue weighted by Gasteiger charge is -2.26. The van der Waals surface area contributed by atoms with Crippen LogP contribution in [0.25, 0.3) is 0 Å². The van der Waals surface area contributed by atoms with Crippen molar-refractivity contribution in [3.8, 4) is 11.5 Å². The number of ether oxygens (including phenoxy) is 2. The highest BCUT2D eigenvalue weighted by atomic mass is 16.5. The molecule has 0 saturated carbocycles. The van der Waals surface area contributed by atoms with Gasteiger partial charge in [-0.25, -0.2) is 0 Å². The first-order chi connectivity index (χ1) is 13.1. The van der Waals surface area contributed by atoms with Crippen LogP contribution in [-0.4, -0.2) is 45.2 Å². The van der Waals surface area contributed by atoms with Gasteiger partial charge < -0.3 is 19.7 Å². The number of aryl methyl sites for hydroxylation is 2. The third-order valence-corrected chi connectivity index (χ3v) is 5.05. The standard InChI is InChI=1S/C22H28N2O3/c1-24(2)20(19-9-4-5-10-21(19)26-3)14-23-22(25)15-27-18-12-11-16-7-6-8-17(16)13-18/h4-5,9-13,20H,6-8,14-15H2,1-3H3,(H,23,25)/t20-/m1/s1. The molecule has 1 aliphatic rings. The summed E-state index contributed by atoms with van der Waals surface area (Å²) in [5.74, 6) is 1.46. The maximum absolute atomic E-state index is 12.3. The Labute approximate surface area is 161 Å². The Morgan fingerprint density at radius 1 is 1.15 bits per heavy atom. The van der Waals surface area contributed by atoms with Gasteiger partial charge in [0.1, 0.15) is 11.5 Å². The van der Waals surface area contributed by atoms with E-state index in [1.165, 1.54) is 17.5 Å². The number of hydrogen-bond acceptors (Lipinski definition) is 4. The Morgan fingerprint density at radius 2 is 1.93 bits per heavy atom. The number of nitrogens with one attached hydrogen (secondary N) is 1. The van der Waals surface area contributed by atoms with E-state index < -0.39 is 0 Å². The number of rotatable bonds is 8. The normalized spacial score (nSPS) is 13.9. The van der Waals surface area contributed by atoms with E-state index in [-0.39, 0.29) is 18.6 Å². The van der Waals surface area contributed by atoms with Crippen molar-refractivity contribution in [2.75, 3.05) is 34.4 Å². The molecule has 2 aromatic rings. The molecule has 5 nitrogen and oxygen atoms in total. The monoisotopic (exact) mass is 368 g/mol. The lowest BCUT2D eigenvalue weighted by atomic mass is 10.0. The summed E-state index contributed by atoms with van der Waals surface area (Å²) in [6, 6.07) is 14.0. The Morgan fingerprint density at radius 3 is 2.70 bits per heavy atom. The Kier molecular flexibility index (Phi) is 6.35. The van der Waals surface area contributed by atoms with Crippen LogP contribution in [0.15, 0.2) is 42.5 Å². The number of benzene rings is 2. The predicted octanol–water partition coefficient (Wildman–Crippen LogP) is 2.98.